The molecule has 0 fully saturated rings. The molecule has 2 aromatic carbocycles. The van der Waals surface area contributed by atoms with Crippen LogP contribution in [0.4, 0.5) is 11.4 Å². The summed E-state index contributed by atoms with van der Waals surface area (Å²) in [6.45, 7) is 6.55. The van der Waals surface area contributed by atoms with Gasteiger partial charge in [0.25, 0.3) is 10.0 Å². The minimum atomic E-state index is -3.81. The van der Waals surface area contributed by atoms with Crippen molar-refractivity contribution in [1.29, 1.82) is 0 Å². The molecular weight excluding hydrogens is 504 g/mol. The minimum absolute atomic E-state index is 0.104. The molecule has 1 N–H and O–H groups in total. The Bertz CT molecular complexity index is 1680. The van der Waals surface area contributed by atoms with Gasteiger partial charge in [-0.25, -0.2) is 13.1 Å². The molecule has 0 radical (unpaired) electrons. The molecular formula is C27H26N6O4S. The van der Waals surface area contributed by atoms with Crippen LogP contribution < -0.4 is 14.4 Å². The van der Waals surface area contributed by atoms with Crippen LogP contribution in [0, 0.1) is 20.8 Å². The van der Waals surface area contributed by atoms with Gasteiger partial charge in [-0.1, -0.05) is 0 Å². The fourth-order valence-corrected chi connectivity index (χ4v) is 6.09. The average molecular weight is 531 g/mol. The van der Waals surface area contributed by atoms with Crippen molar-refractivity contribution < 1.29 is 17.9 Å². The van der Waals surface area contributed by atoms with Crippen molar-refractivity contribution in [3.05, 3.63) is 76.6 Å². The zero-order chi connectivity index (χ0) is 26.6. The fraction of sp³-hybridized carbons (Fsp3) is 0.259. The number of nitrogens with one attached hydrogen (secondary N) is 1. The molecule has 0 bridgehead atoms. The number of anilines is 2. The van der Waals surface area contributed by atoms with Crippen LogP contribution in [0.1, 0.15) is 34.5 Å². The summed E-state index contributed by atoms with van der Waals surface area (Å²) in [6.07, 6.45) is 1.62. The number of hydrogen-bond acceptors (Lipinski definition) is 7. The van der Waals surface area contributed by atoms with Crippen LogP contribution in [0.2, 0.25) is 0 Å². The SMILES string of the molecule is Cc1nn(-c2ccc(Oc3ccc(NS(=O)(=O)c4cc5c6c(c4)CCN6C(=O)CC5)cc3)nn2)c(C)c1C. The summed E-state index contributed by atoms with van der Waals surface area (Å²) in [4.78, 5) is 14.1. The first-order chi connectivity index (χ1) is 18.2. The van der Waals surface area contributed by atoms with E-state index in [4.69, 9.17) is 4.74 Å². The van der Waals surface area contributed by atoms with Crippen molar-refractivity contribution >= 4 is 27.3 Å². The monoisotopic (exact) mass is 530 g/mol. The summed E-state index contributed by atoms with van der Waals surface area (Å²) in [5, 5.41) is 12.9. The highest BCUT2D eigenvalue weighted by Crippen LogP contribution is 2.38. The second-order valence-corrected chi connectivity index (χ2v) is 11.2. The molecule has 2 aliphatic heterocycles. The predicted octanol–water partition coefficient (Wildman–Crippen LogP) is 4.02. The van der Waals surface area contributed by atoms with E-state index in [0.29, 0.717) is 48.9 Å². The summed E-state index contributed by atoms with van der Waals surface area (Å²) in [5.41, 5.74) is 6.15. The van der Waals surface area contributed by atoms with E-state index < -0.39 is 10.0 Å². The van der Waals surface area contributed by atoms with Crippen molar-refractivity contribution in [2.45, 2.75) is 44.9 Å². The van der Waals surface area contributed by atoms with Crippen LogP contribution in [-0.2, 0) is 27.7 Å². The maximum atomic E-state index is 13.2. The molecule has 0 atom stereocenters. The van der Waals surface area contributed by atoms with Crippen LogP contribution >= 0.6 is 0 Å². The van der Waals surface area contributed by atoms with Gasteiger partial charge in [0.15, 0.2) is 5.82 Å². The maximum Gasteiger partial charge on any atom is 0.261 e. The first-order valence-corrected chi connectivity index (χ1v) is 13.8. The predicted molar refractivity (Wildman–Crippen MR) is 142 cm³/mol. The third kappa shape index (κ3) is 4.18. The Hall–Kier alpha value is -4.25. The zero-order valence-corrected chi connectivity index (χ0v) is 22.0. The molecule has 4 aromatic rings. The number of hydrogen-bond donors (Lipinski definition) is 1. The summed E-state index contributed by atoms with van der Waals surface area (Å²) in [5.74, 6) is 1.49. The molecule has 0 aliphatic carbocycles. The largest absolute Gasteiger partial charge is 0.438 e. The summed E-state index contributed by atoms with van der Waals surface area (Å²) >= 11 is 0. The number of amides is 1. The van der Waals surface area contributed by atoms with Crippen molar-refractivity contribution in [1.82, 2.24) is 20.0 Å². The van der Waals surface area contributed by atoms with Crippen LogP contribution in [0.25, 0.3) is 5.82 Å². The van der Waals surface area contributed by atoms with Crippen molar-refractivity contribution in [2.24, 2.45) is 0 Å². The third-order valence-electron chi connectivity index (χ3n) is 7.16. The number of aryl methyl sites for hydroxylation is 2. The first kappa shape index (κ1) is 24.1. The summed E-state index contributed by atoms with van der Waals surface area (Å²) in [6, 6.07) is 13.4. The third-order valence-corrected chi connectivity index (χ3v) is 8.52. The molecule has 2 aromatic heterocycles. The Balaban J connectivity index is 1.16. The van der Waals surface area contributed by atoms with Crippen LogP contribution in [0.5, 0.6) is 11.6 Å². The van der Waals surface area contributed by atoms with Gasteiger partial charge < -0.3 is 9.64 Å². The molecule has 38 heavy (non-hydrogen) atoms. The molecule has 11 heteroatoms. The Morgan fingerprint density at radius 1 is 0.921 bits per heavy atom. The number of carbonyl (C=O) groups is 1. The second-order valence-electron chi connectivity index (χ2n) is 9.55. The van der Waals surface area contributed by atoms with E-state index in [0.717, 1.165) is 33.8 Å². The Kier molecular flexibility index (Phi) is 5.68. The number of rotatable bonds is 6. The van der Waals surface area contributed by atoms with Crippen molar-refractivity contribution in [2.75, 3.05) is 16.2 Å². The van der Waals surface area contributed by atoms with Crippen molar-refractivity contribution in [3.63, 3.8) is 0 Å². The van der Waals surface area contributed by atoms with E-state index >= 15 is 0 Å². The molecule has 0 unspecified atom stereocenters. The summed E-state index contributed by atoms with van der Waals surface area (Å²) < 4.78 is 36.5. The van der Waals surface area contributed by atoms with Gasteiger partial charge >= 0.3 is 0 Å². The lowest BCUT2D eigenvalue weighted by atomic mass is 10.00. The molecule has 10 nitrogen and oxygen atoms in total. The first-order valence-electron chi connectivity index (χ1n) is 12.3. The Morgan fingerprint density at radius 3 is 2.32 bits per heavy atom. The van der Waals surface area contributed by atoms with E-state index in [1.165, 1.54) is 0 Å². The second kappa shape index (κ2) is 8.95. The lowest BCUT2D eigenvalue weighted by Crippen LogP contribution is -2.33. The molecule has 0 saturated heterocycles. The molecule has 0 saturated carbocycles. The van der Waals surface area contributed by atoms with Gasteiger partial charge in [-0.15, -0.1) is 10.2 Å². The maximum absolute atomic E-state index is 13.2. The Morgan fingerprint density at radius 2 is 1.66 bits per heavy atom. The van der Waals surface area contributed by atoms with Crippen LogP contribution in [-0.4, -0.2) is 40.8 Å². The summed E-state index contributed by atoms with van der Waals surface area (Å²) in [7, 11) is -3.81. The van der Waals surface area contributed by atoms with Gasteiger partial charge in [0.1, 0.15) is 5.75 Å². The van der Waals surface area contributed by atoms with E-state index in [9.17, 15) is 13.2 Å². The smallest absolute Gasteiger partial charge is 0.261 e. The molecule has 0 spiro atoms. The van der Waals surface area contributed by atoms with Gasteiger partial charge in [0.05, 0.1) is 16.3 Å². The van der Waals surface area contributed by atoms with Crippen LogP contribution in [0.3, 0.4) is 0 Å². The van der Waals surface area contributed by atoms with Gasteiger partial charge in [-0.05, 0) is 92.8 Å². The number of sulfonamides is 1. The van der Waals surface area contributed by atoms with Gasteiger partial charge in [0.2, 0.25) is 11.8 Å². The minimum Gasteiger partial charge on any atom is -0.438 e. The molecule has 6 rings (SSSR count). The van der Waals surface area contributed by atoms with E-state index in [2.05, 4.69) is 20.0 Å². The number of nitrogens with zero attached hydrogens (tertiary/aromatic N) is 5. The average Bonchev–Trinajstić information content (AvgIpc) is 3.45. The zero-order valence-electron chi connectivity index (χ0n) is 21.2. The molecule has 1 amide bonds. The highest BCUT2D eigenvalue weighted by Gasteiger charge is 2.33. The van der Waals surface area contributed by atoms with E-state index in [-0.39, 0.29) is 10.8 Å². The van der Waals surface area contributed by atoms with Gasteiger partial charge in [-0.2, -0.15) is 5.10 Å². The fourth-order valence-electron chi connectivity index (χ4n) is 4.93. The molecule has 2 aliphatic rings. The number of aromatic nitrogens is 4. The molecule has 194 valence electrons. The van der Waals surface area contributed by atoms with Gasteiger partial charge in [0, 0.05) is 30.4 Å². The number of benzene rings is 2. The highest BCUT2D eigenvalue weighted by atomic mass is 32.2. The Labute approximate surface area is 220 Å². The normalized spacial score (nSPS) is 14.5. The van der Waals surface area contributed by atoms with Crippen LogP contribution in [0.15, 0.2) is 53.4 Å². The topological polar surface area (TPSA) is 119 Å². The van der Waals surface area contributed by atoms with E-state index in [1.807, 2.05) is 20.8 Å². The van der Waals surface area contributed by atoms with E-state index in [1.54, 1.807) is 58.1 Å². The lowest BCUT2D eigenvalue weighted by Gasteiger charge is -2.25. The number of carbonyl (C=O) groups excluding carboxylic acids is 1. The number of ether oxygens (including phenoxy) is 1. The quantitative estimate of drug-likeness (QED) is 0.400. The highest BCUT2D eigenvalue weighted by molar-refractivity contribution is 7.92. The van der Waals surface area contributed by atoms with Gasteiger partial charge in [-0.3, -0.25) is 9.52 Å². The standard InChI is InChI=1S/C27H26N6O4S/c1-16-17(2)30-33(18(16)3)24-9-10-25(29-28-24)37-22-7-5-21(6-8-22)31-38(35,36)23-14-19-4-11-26(34)32-13-12-20(15-23)27(19)32/h5-10,14-15,31H,4,11-13H2,1-3H3. The molecule has 4 heterocycles. The lowest BCUT2D eigenvalue weighted by molar-refractivity contribution is -0.118. The van der Waals surface area contributed by atoms with Crippen molar-refractivity contribution in [3.8, 4) is 17.4 Å².